The fourth-order valence-electron chi connectivity index (χ4n) is 3.41. The first-order valence-corrected chi connectivity index (χ1v) is 11.1. The summed E-state index contributed by atoms with van der Waals surface area (Å²) in [4.78, 5) is 18.8. The average Bonchev–Trinajstić information content (AvgIpc) is 3.02. The summed E-state index contributed by atoms with van der Waals surface area (Å²) in [6.07, 6.45) is 3.15. The number of carbonyl (C=O) groups excluding carboxylic acids is 1. The number of sulfone groups is 1. The lowest BCUT2D eigenvalue weighted by atomic mass is 10.1. The minimum Gasteiger partial charge on any atom is -0.368 e. The molecule has 0 bridgehead atoms. The Morgan fingerprint density at radius 1 is 1.22 bits per heavy atom. The number of aromatic nitrogens is 1. The zero-order chi connectivity index (χ0) is 19.4. The average molecular weight is 388 g/mol. The van der Waals surface area contributed by atoms with Crippen LogP contribution >= 0.6 is 0 Å². The Labute approximate surface area is 160 Å². The molecule has 7 heteroatoms. The van der Waals surface area contributed by atoms with Crippen LogP contribution in [0.1, 0.15) is 36.3 Å². The van der Waals surface area contributed by atoms with Gasteiger partial charge in [0, 0.05) is 30.2 Å². The zero-order valence-corrected chi connectivity index (χ0v) is 16.5. The van der Waals surface area contributed by atoms with Gasteiger partial charge in [0.15, 0.2) is 9.84 Å². The molecule has 1 aliphatic rings. The maximum atomic E-state index is 12.6. The highest BCUT2D eigenvalue weighted by atomic mass is 32.2. The van der Waals surface area contributed by atoms with Crippen LogP contribution < -0.4 is 10.2 Å². The fraction of sp³-hybridized carbons (Fsp3) is 0.400. The molecule has 27 heavy (non-hydrogen) atoms. The zero-order valence-electron chi connectivity index (χ0n) is 15.7. The Morgan fingerprint density at radius 3 is 2.56 bits per heavy atom. The Morgan fingerprint density at radius 2 is 1.96 bits per heavy atom. The number of anilines is 2. The molecule has 0 spiro atoms. The van der Waals surface area contributed by atoms with Crippen LogP contribution in [0.15, 0.2) is 42.6 Å². The van der Waals surface area contributed by atoms with Gasteiger partial charge in [0.05, 0.1) is 11.5 Å². The molecule has 1 N–H and O–H groups in total. The van der Waals surface area contributed by atoms with E-state index in [4.69, 9.17) is 0 Å². The first kappa shape index (κ1) is 19.4. The molecule has 0 radical (unpaired) electrons. The SMILES string of the molecule is CCc1ccc(NC(=O)c2cc(N(CC)C3CCS(=O)(=O)C3)ccn2)cc1. The molecule has 0 aliphatic carbocycles. The molecule has 1 aliphatic heterocycles. The molecule has 3 rings (SSSR count). The van der Waals surface area contributed by atoms with Crippen molar-refractivity contribution in [1.82, 2.24) is 4.98 Å². The van der Waals surface area contributed by atoms with Gasteiger partial charge in [-0.1, -0.05) is 19.1 Å². The predicted octanol–water partition coefficient (Wildman–Crippen LogP) is 2.91. The number of pyridine rings is 1. The van der Waals surface area contributed by atoms with Gasteiger partial charge in [0.25, 0.3) is 5.91 Å². The summed E-state index contributed by atoms with van der Waals surface area (Å²) >= 11 is 0. The van der Waals surface area contributed by atoms with E-state index in [1.54, 1.807) is 12.3 Å². The molecule has 144 valence electrons. The van der Waals surface area contributed by atoms with E-state index in [9.17, 15) is 13.2 Å². The Hall–Kier alpha value is -2.41. The fourth-order valence-corrected chi connectivity index (χ4v) is 5.14. The molecule has 6 nitrogen and oxygen atoms in total. The first-order valence-electron chi connectivity index (χ1n) is 9.25. The number of aryl methyl sites for hydroxylation is 1. The Kier molecular flexibility index (Phi) is 5.79. The minimum absolute atomic E-state index is 0.0556. The van der Waals surface area contributed by atoms with Crippen molar-refractivity contribution < 1.29 is 13.2 Å². The van der Waals surface area contributed by atoms with Crippen molar-refractivity contribution in [2.24, 2.45) is 0 Å². The quantitative estimate of drug-likeness (QED) is 0.824. The van der Waals surface area contributed by atoms with E-state index in [0.717, 1.165) is 17.8 Å². The van der Waals surface area contributed by atoms with Gasteiger partial charge in [-0.2, -0.15) is 0 Å². The van der Waals surface area contributed by atoms with Crippen molar-refractivity contribution in [3.63, 3.8) is 0 Å². The van der Waals surface area contributed by atoms with Gasteiger partial charge >= 0.3 is 0 Å². The smallest absolute Gasteiger partial charge is 0.274 e. The van der Waals surface area contributed by atoms with Crippen LogP contribution in [0.4, 0.5) is 11.4 Å². The molecule has 1 atom stereocenters. The lowest BCUT2D eigenvalue weighted by molar-refractivity contribution is 0.102. The molecule has 1 aromatic carbocycles. The van der Waals surface area contributed by atoms with Crippen molar-refractivity contribution in [3.05, 3.63) is 53.9 Å². The van der Waals surface area contributed by atoms with Crippen LogP contribution in [0, 0.1) is 0 Å². The lowest BCUT2D eigenvalue weighted by Gasteiger charge is -2.29. The number of carbonyl (C=O) groups is 1. The number of hydrogen-bond donors (Lipinski definition) is 1. The third-order valence-electron chi connectivity index (χ3n) is 4.92. The van der Waals surface area contributed by atoms with Crippen LogP contribution in [-0.2, 0) is 16.3 Å². The highest BCUT2D eigenvalue weighted by Crippen LogP contribution is 2.24. The highest BCUT2D eigenvalue weighted by molar-refractivity contribution is 7.91. The van der Waals surface area contributed by atoms with Gasteiger partial charge in [0.1, 0.15) is 5.69 Å². The van der Waals surface area contributed by atoms with E-state index in [2.05, 4.69) is 17.2 Å². The van der Waals surface area contributed by atoms with Gasteiger partial charge < -0.3 is 10.2 Å². The van der Waals surface area contributed by atoms with Crippen LogP contribution in [0.5, 0.6) is 0 Å². The number of benzene rings is 1. The van der Waals surface area contributed by atoms with Gasteiger partial charge in [-0.25, -0.2) is 8.42 Å². The van der Waals surface area contributed by atoms with Crippen LogP contribution in [-0.4, -0.2) is 43.4 Å². The molecule has 1 aromatic heterocycles. The molecule has 1 amide bonds. The number of nitrogens with one attached hydrogen (secondary N) is 1. The second-order valence-electron chi connectivity index (χ2n) is 6.75. The van der Waals surface area contributed by atoms with E-state index in [1.165, 1.54) is 5.56 Å². The molecule has 0 saturated carbocycles. The second kappa shape index (κ2) is 8.08. The maximum absolute atomic E-state index is 12.6. The van der Waals surface area contributed by atoms with Gasteiger partial charge in [-0.05, 0) is 49.6 Å². The molecule has 2 aromatic rings. The molecular formula is C20H25N3O3S. The lowest BCUT2D eigenvalue weighted by Crippen LogP contribution is -2.36. The summed E-state index contributed by atoms with van der Waals surface area (Å²) < 4.78 is 23.6. The van der Waals surface area contributed by atoms with Crippen molar-refractivity contribution >= 4 is 27.1 Å². The maximum Gasteiger partial charge on any atom is 0.274 e. The number of hydrogen-bond acceptors (Lipinski definition) is 5. The third-order valence-corrected chi connectivity index (χ3v) is 6.67. The molecule has 1 saturated heterocycles. The van der Waals surface area contributed by atoms with Gasteiger partial charge in [-0.3, -0.25) is 9.78 Å². The van der Waals surface area contributed by atoms with E-state index >= 15 is 0 Å². The van der Waals surface area contributed by atoms with Crippen LogP contribution in [0.25, 0.3) is 0 Å². The topological polar surface area (TPSA) is 79.4 Å². The second-order valence-corrected chi connectivity index (χ2v) is 8.98. The monoisotopic (exact) mass is 387 g/mol. The standard InChI is InChI=1S/C20H25N3O3S/c1-3-15-5-7-16(8-6-15)22-20(24)19-13-17(9-11-21-19)23(4-2)18-10-12-27(25,26)14-18/h5-9,11,13,18H,3-4,10,12,14H2,1-2H3,(H,22,24). The summed E-state index contributed by atoms with van der Waals surface area (Å²) in [5.41, 5.74) is 3.06. The molecule has 1 unspecified atom stereocenters. The van der Waals surface area contributed by atoms with Gasteiger partial charge in [-0.15, -0.1) is 0 Å². The van der Waals surface area contributed by atoms with E-state index in [-0.39, 0.29) is 23.5 Å². The Bertz CT molecular complexity index is 910. The minimum atomic E-state index is -2.97. The Balaban J connectivity index is 1.76. The summed E-state index contributed by atoms with van der Waals surface area (Å²) in [5.74, 6) is 0.102. The highest BCUT2D eigenvalue weighted by Gasteiger charge is 2.32. The van der Waals surface area contributed by atoms with E-state index < -0.39 is 9.84 Å². The number of amides is 1. The van der Waals surface area contributed by atoms with Crippen molar-refractivity contribution in [2.75, 3.05) is 28.3 Å². The summed E-state index contributed by atoms with van der Waals surface area (Å²) in [6.45, 7) is 4.74. The number of rotatable bonds is 6. The van der Waals surface area contributed by atoms with E-state index in [1.807, 2.05) is 42.2 Å². The summed E-state index contributed by atoms with van der Waals surface area (Å²) in [5, 5.41) is 2.86. The first-order chi connectivity index (χ1) is 12.9. The largest absolute Gasteiger partial charge is 0.368 e. The van der Waals surface area contributed by atoms with Crippen molar-refractivity contribution in [1.29, 1.82) is 0 Å². The van der Waals surface area contributed by atoms with E-state index in [0.29, 0.717) is 18.7 Å². The van der Waals surface area contributed by atoms with Crippen LogP contribution in [0.2, 0.25) is 0 Å². The summed E-state index contributed by atoms with van der Waals surface area (Å²) in [7, 11) is -2.97. The van der Waals surface area contributed by atoms with Gasteiger partial charge in [0.2, 0.25) is 0 Å². The molecule has 2 heterocycles. The van der Waals surface area contributed by atoms with Crippen LogP contribution in [0.3, 0.4) is 0 Å². The normalized spacial score (nSPS) is 18.2. The molecular weight excluding hydrogens is 362 g/mol. The summed E-state index contributed by atoms with van der Waals surface area (Å²) in [6, 6.07) is 11.2. The third kappa shape index (κ3) is 4.66. The molecule has 1 fully saturated rings. The van der Waals surface area contributed by atoms with Crippen molar-refractivity contribution in [2.45, 2.75) is 32.7 Å². The predicted molar refractivity (Wildman–Crippen MR) is 108 cm³/mol. The van der Waals surface area contributed by atoms with Crippen molar-refractivity contribution in [3.8, 4) is 0 Å². The number of nitrogens with zero attached hydrogens (tertiary/aromatic N) is 2.